The number of hydrogen-bond acceptors (Lipinski definition) is 5. The molecule has 0 fully saturated rings. The zero-order valence-corrected chi connectivity index (χ0v) is 23.3. The molecular formula is C31H35N5O4. The molecule has 0 aliphatic heterocycles. The Kier molecular flexibility index (Phi) is 9.40. The summed E-state index contributed by atoms with van der Waals surface area (Å²) in [6, 6.07) is 25.8. The number of amides is 3. The van der Waals surface area contributed by atoms with E-state index in [2.05, 4.69) is 10.6 Å². The number of urea groups is 1. The van der Waals surface area contributed by atoms with Crippen LogP contribution in [-0.4, -0.2) is 53.4 Å². The zero-order chi connectivity index (χ0) is 28.5. The fourth-order valence-corrected chi connectivity index (χ4v) is 4.20. The number of nitrogens with one attached hydrogen (secondary N) is 2. The molecule has 4 rings (SSSR count). The Bertz CT molecular complexity index is 1420. The predicted molar refractivity (Wildman–Crippen MR) is 157 cm³/mol. The van der Waals surface area contributed by atoms with Gasteiger partial charge < -0.3 is 25.0 Å². The molecule has 3 aromatic carbocycles. The number of benzene rings is 3. The van der Waals surface area contributed by atoms with Crippen molar-refractivity contribution >= 4 is 23.4 Å². The average molecular weight is 542 g/mol. The van der Waals surface area contributed by atoms with Gasteiger partial charge in [0.2, 0.25) is 5.91 Å². The highest BCUT2D eigenvalue weighted by Gasteiger charge is 2.21. The van der Waals surface area contributed by atoms with E-state index in [0.717, 1.165) is 11.3 Å². The van der Waals surface area contributed by atoms with Crippen LogP contribution < -0.4 is 20.1 Å². The summed E-state index contributed by atoms with van der Waals surface area (Å²) < 4.78 is 12.6. The number of anilines is 2. The van der Waals surface area contributed by atoms with Gasteiger partial charge in [-0.05, 0) is 49.2 Å². The number of carbonyl (C=O) groups is 2. The lowest BCUT2D eigenvalue weighted by molar-refractivity contribution is -0.116. The number of nitrogens with zero attached hydrogens (tertiary/aromatic N) is 3. The van der Waals surface area contributed by atoms with Gasteiger partial charge >= 0.3 is 6.03 Å². The highest BCUT2D eigenvalue weighted by atomic mass is 16.5. The number of hydrogen-bond donors (Lipinski definition) is 2. The van der Waals surface area contributed by atoms with E-state index in [9.17, 15) is 9.59 Å². The molecule has 1 aromatic heterocycles. The summed E-state index contributed by atoms with van der Waals surface area (Å²) in [6.07, 6.45) is 0. The molecule has 0 bridgehead atoms. The largest absolute Gasteiger partial charge is 0.497 e. The maximum Gasteiger partial charge on any atom is 0.322 e. The van der Waals surface area contributed by atoms with Crippen LogP contribution in [0.4, 0.5) is 16.3 Å². The van der Waals surface area contributed by atoms with Crippen LogP contribution >= 0.6 is 0 Å². The Labute approximate surface area is 234 Å². The molecule has 9 nitrogen and oxygen atoms in total. The van der Waals surface area contributed by atoms with Gasteiger partial charge in [-0.25, -0.2) is 9.48 Å². The van der Waals surface area contributed by atoms with E-state index in [-0.39, 0.29) is 24.4 Å². The normalized spacial score (nSPS) is 10.7. The molecule has 0 spiro atoms. The Morgan fingerprint density at radius 3 is 2.33 bits per heavy atom. The molecule has 9 heteroatoms. The van der Waals surface area contributed by atoms with Gasteiger partial charge in [-0.2, -0.15) is 5.10 Å². The molecule has 2 N–H and O–H groups in total. The minimum absolute atomic E-state index is 0.144. The van der Waals surface area contributed by atoms with Gasteiger partial charge in [0.1, 0.15) is 23.9 Å². The van der Waals surface area contributed by atoms with Gasteiger partial charge in [0.25, 0.3) is 0 Å². The lowest BCUT2D eigenvalue weighted by Crippen LogP contribution is -2.42. The number of para-hydroxylation sites is 2. The standard InChI is InChI=1S/C31H35N5O4/c1-5-40-28-14-10-9-13-26(28)32-31(38)35(20-22(2)3)21-30(37)33-29-19-27(23-11-7-6-8-12-23)34-36(29)24-15-17-25(39-4)18-16-24/h6-19,22H,5,20-21H2,1-4H3,(H,32,38)(H,33,37). The SMILES string of the molecule is CCOc1ccccc1NC(=O)N(CC(=O)Nc1cc(-c2ccccc2)nn1-c1ccc(OC)cc1)CC(C)C. The van der Waals surface area contributed by atoms with E-state index >= 15 is 0 Å². The quantitative estimate of drug-likeness (QED) is 0.240. The van der Waals surface area contributed by atoms with Crippen molar-refractivity contribution in [3.63, 3.8) is 0 Å². The maximum atomic E-state index is 13.3. The molecule has 0 atom stereocenters. The van der Waals surface area contributed by atoms with Gasteiger partial charge in [0, 0.05) is 18.2 Å². The monoisotopic (exact) mass is 541 g/mol. The molecule has 0 unspecified atom stereocenters. The summed E-state index contributed by atoms with van der Waals surface area (Å²) >= 11 is 0. The van der Waals surface area contributed by atoms with Gasteiger partial charge in [-0.1, -0.05) is 56.3 Å². The van der Waals surface area contributed by atoms with Crippen molar-refractivity contribution in [3.8, 4) is 28.4 Å². The second kappa shape index (κ2) is 13.3. The van der Waals surface area contributed by atoms with Gasteiger partial charge in [0.05, 0.1) is 30.8 Å². The van der Waals surface area contributed by atoms with Crippen LogP contribution in [0.2, 0.25) is 0 Å². The smallest absolute Gasteiger partial charge is 0.322 e. The van der Waals surface area contributed by atoms with Gasteiger partial charge in [-0.15, -0.1) is 0 Å². The highest BCUT2D eigenvalue weighted by molar-refractivity contribution is 5.97. The molecule has 208 valence electrons. The Morgan fingerprint density at radius 1 is 0.950 bits per heavy atom. The van der Waals surface area contributed by atoms with Crippen molar-refractivity contribution in [2.24, 2.45) is 5.92 Å². The van der Waals surface area contributed by atoms with E-state index in [1.807, 2.05) is 93.6 Å². The van der Waals surface area contributed by atoms with E-state index in [0.29, 0.717) is 41.8 Å². The minimum Gasteiger partial charge on any atom is -0.497 e. The van der Waals surface area contributed by atoms with Crippen LogP contribution in [0.15, 0.2) is 84.9 Å². The molecule has 1 heterocycles. The Morgan fingerprint density at radius 2 is 1.65 bits per heavy atom. The third-order valence-electron chi connectivity index (χ3n) is 6.00. The predicted octanol–water partition coefficient (Wildman–Crippen LogP) is 6.08. The number of ether oxygens (including phenoxy) is 2. The van der Waals surface area contributed by atoms with Crippen molar-refractivity contribution in [1.29, 1.82) is 0 Å². The van der Waals surface area contributed by atoms with E-state index in [4.69, 9.17) is 14.6 Å². The summed E-state index contributed by atoms with van der Waals surface area (Å²) in [5, 5.41) is 10.6. The first kappa shape index (κ1) is 28.2. The first-order valence-corrected chi connectivity index (χ1v) is 13.3. The molecule has 4 aromatic rings. The molecule has 0 aliphatic rings. The van der Waals surface area contributed by atoms with E-state index in [1.54, 1.807) is 23.9 Å². The van der Waals surface area contributed by atoms with Crippen molar-refractivity contribution in [2.75, 3.05) is 37.4 Å². The lowest BCUT2D eigenvalue weighted by Gasteiger charge is -2.25. The fraction of sp³-hybridized carbons (Fsp3) is 0.258. The molecule has 0 saturated carbocycles. The van der Waals surface area contributed by atoms with Crippen molar-refractivity contribution < 1.29 is 19.1 Å². The second-order valence-corrected chi connectivity index (χ2v) is 9.57. The molecule has 0 radical (unpaired) electrons. The summed E-state index contributed by atoms with van der Waals surface area (Å²) in [4.78, 5) is 28.1. The Hall–Kier alpha value is -4.79. The van der Waals surface area contributed by atoms with Crippen LogP contribution in [0.25, 0.3) is 16.9 Å². The molecule has 0 saturated heterocycles. The molecule has 40 heavy (non-hydrogen) atoms. The van der Waals surface area contributed by atoms with Crippen LogP contribution in [0, 0.1) is 5.92 Å². The Balaban J connectivity index is 1.57. The third kappa shape index (κ3) is 7.19. The molecule has 3 amide bonds. The first-order chi connectivity index (χ1) is 19.4. The van der Waals surface area contributed by atoms with Gasteiger partial charge in [0.15, 0.2) is 0 Å². The van der Waals surface area contributed by atoms with Crippen LogP contribution in [-0.2, 0) is 4.79 Å². The zero-order valence-electron chi connectivity index (χ0n) is 23.3. The third-order valence-corrected chi connectivity index (χ3v) is 6.00. The topological polar surface area (TPSA) is 97.7 Å². The number of rotatable bonds is 11. The summed E-state index contributed by atoms with van der Waals surface area (Å²) in [6.45, 7) is 6.60. The van der Waals surface area contributed by atoms with Crippen LogP contribution in [0.3, 0.4) is 0 Å². The number of carbonyl (C=O) groups excluding carboxylic acids is 2. The summed E-state index contributed by atoms with van der Waals surface area (Å²) in [5.41, 5.74) is 2.92. The van der Waals surface area contributed by atoms with Gasteiger partial charge in [-0.3, -0.25) is 4.79 Å². The highest BCUT2D eigenvalue weighted by Crippen LogP contribution is 2.26. The van der Waals surface area contributed by atoms with Crippen molar-refractivity contribution in [1.82, 2.24) is 14.7 Å². The van der Waals surface area contributed by atoms with Crippen molar-refractivity contribution in [2.45, 2.75) is 20.8 Å². The lowest BCUT2D eigenvalue weighted by atomic mass is 10.1. The fourth-order valence-electron chi connectivity index (χ4n) is 4.20. The summed E-state index contributed by atoms with van der Waals surface area (Å²) in [7, 11) is 1.61. The average Bonchev–Trinajstić information content (AvgIpc) is 3.37. The maximum absolute atomic E-state index is 13.3. The van der Waals surface area contributed by atoms with E-state index in [1.165, 1.54) is 4.90 Å². The first-order valence-electron chi connectivity index (χ1n) is 13.3. The van der Waals surface area contributed by atoms with Crippen molar-refractivity contribution in [3.05, 3.63) is 84.9 Å². The second-order valence-electron chi connectivity index (χ2n) is 9.57. The van der Waals surface area contributed by atoms with Crippen LogP contribution in [0.5, 0.6) is 11.5 Å². The summed E-state index contributed by atoms with van der Waals surface area (Å²) in [5.74, 6) is 1.58. The molecular weight excluding hydrogens is 506 g/mol. The number of aromatic nitrogens is 2. The van der Waals surface area contributed by atoms with E-state index < -0.39 is 0 Å². The van der Waals surface area contributed by atoms with Crippen LogP contribution in [0.1, 0.15) is 20.8 Å². The minimum atomic E-state index is -0.385. The molecule has 0 aliphatic carbocycles. The number of methoxy groups -OCH3 is 1.